The molecule has 2 aromatic carbocycles. The molecule has 142 valence electrons. The summed E-state index contributed by atoms with van der Waals surface area (Å²) >= 11 is 3.47. The average Bonchev–Trinajstić information content (AvgIpc) is 2.63. The molecule has 0 heterocycles. The van der Waals surface area contributed by atoms with Gasteiger partial charge in [-0.1, -0.05) is 29.8 Å². The number of ether oxygens (including phenoxy) is 2. The molecule has 1 amide bonds. The summed E-state index contributed by atoms with van der Waals surface area (Å²) in [5.41, 5.74) is 2.90. The number of hydrogen-bond donors (Lipinski definition) is 2. The van der Waals surface area contributed by atoms with E-state index in [1.165, 1.54) is 13.2 Å². The second kappa shape index (κ2) is 9.78. The summed E-state index contributed by atoms with van der Waals surface area (Å²) in [6, 6.07) is 11.6. The van der Waals surface area contributed by atoms with Gasteiger partial charge in [0.2, 0.25) is 5.91 Å². The van der Waals surface area contributed by atoms with E-state index in [0.717, 1.165) is 11.1 Å². The highest BCUT2D eigenvalue weighted by atomic mass is 79.9. The van der Waals surface area contributed by atoms with Crippen molar-refractivity contribution < 1.29 is 24.2 Å². The van der Waals surface area contributed by atoms with Crippen molar-refractivity contribution in [3.05, 3.63) is 63.6 Å². The van der Waals surface area contributed by atoms with Crippen LogP contribution in [0.15, 0.2) is 46.9 Å². The predicted molar refractivity (Wildman–Crippen MR) is 106 cm³/mol. The number of halogens is 1. The second-order valence-corrected chi connectivity index (χ2v) is 6.61. The Morgan fingerprint density at radius 3 is 2.70 bits per heavy atom. The number of methoxy groups -OCH3 is 1. The van der Waals surface area contributed by atoms with Crippen LogP contribution in [-0.4, -0.2) is 30.6 Å². The van der Waals surface area contributed by atoms with Crippen molar-refractivity contribution in [2.24, 2.45) is 0 Å². The molecule has 2 N–H and O–H groups in total. The summed E-state index contributed by atoms with van der Waals surface area (Å²) in [5, 5.41) is 10.8. The fourth-order valence-corrected chi connectivity index (χ4v) is 2.90. The Hall–Kier alpha value is -2.80. The van der Waals surface area contributed by atoms with Gasteiger partial charge in [-0.15, -0.1) is 0 Å². The predicted octanol–water partition coefficient (Wildman–Crippen LogP) is 3.56. The van der Waals surface area contributed by atoms with Crippen molar-refractivity contribution in [3.63, 3.8) is 0 Å². The van der Waals surface area contributed by atoms with Gasteiger partial charge in [-0.25, -0.2) is 0 Å². The molecule has 0 fully saturated rings. The van der Waals surface area contributed by atoms with Gasteiger partial charge in [0, 0.05) is 6.08 Å². The summed E-state index contributed by atoms with van der Waals surface area (Å²) in [5.74, 6) is -0.516. The SMILES string of the molecule is COc1cc(/C=C/C(=O)NCC(=O)O)cc(Br)c1OCc1cccc(C)c1. The Morgan fingerprint density at radius 1 is 1.26 bits per heavy atom. The van der Waals surface area contributed by atoms with E-state index >= 15 is 0 Å². The smallest absolute Gasteiger partial charge is 0.322 e. The standard InChI is InChI=1S/C20H20BrNO5/c1-13-4-3-5-15(8-13)12-27-20-16(21)9-14(10-17(20)26-2)6-7-18(23)22-11-19(24)25/h3-10H,11-12H2,1-2H3,(H,22,23)(H,24,25)/b7-6+. The minimum absolute atomic E-state index is 0.392. The van der Waals surface area contributed by atoms with Crippen LogP contribution in [0.4, 0.5) is 0 Å². The third-order valence-corrected chi connectivity index (χ3v) is 4.15. The van der Waals surface area contributed by atoms with Crippen LogP contribution in [0.2, 0.25) is 0 Å². The van der Waals surface area contributed by atoms with E-state index < -0.39 is 18.4 Å². The maximum absolute atomic E-state index is 11.6. The molecule has 2 aromatic rings. The zero-order valence-corrected chi connectivity index (χ0v) is 16.6. The summed E-state index contributed by atoms with van der Waals surface area (Å²) in [7, 11) is 1.54. The van der Waals surface area contributed by atoms with Crippen molar-refractivity contribution >= 4 is 33.9 Å². The van der Waals surface area contributed by atoms with E-state index in [-0.39, 0.29) is 0 Å². The highest BCUT2D eigenvalue weighted by Gasteiger charge is 2.11. The minimum atomic E-state index is -1.10. The molecule has 0 saturated carbocycles. The zero-order chi connectivity index (χ0) is 19.8. The zero-order valence-electron chi connectivity index (χ0n) is 15.0. The molecule has 6 nitrogen and oxygen atoms in total. The molecule has 0 spiro atoms. The Balaban J connectivity index is 2.11. The molecule has 2 rings (SSSR count). The number of carbonyl (C=O) groups excluding carboxylic acids is 1. The summed E-state index contributed by atoms with van der Waals surface area (Å²) in [6.45, 7) is 1.99. The number of carboxylic acid groups (broad SMARTS) is 1. The van der Waals surface area contributed by atoms with Crippen molar-refractivity contribution in [3.8, 4) is 11.5 Å². The molecule has 0 aliphatic carbocycles. The molecule has 0 radical (unpaired) electrons. The number of aryl methyl sites for hydroxylation is 1. The third-order valence-electron chi connectivity index (χ3n) is 3.56. The van der Waals surface area contributed by atoms with Crippen LogP contribution < -0.4 is 14.8 Å². The molecular weight excluding hydrogens is 414 g/mol. The molecule has 0 aliphatic heterocycles. The van der Waals surface area contributed by atoms with E-state index in [9.17, 15) is 9.59 Å². The molecule has 0 bridgehead atoms. The van der Waals surface area contributed by atoms with Gasteiger partial charge in [0.15, 0.2) is 11.5 Å². The molecule has 0 unspecified atom stereocenters. The van der Waals surface area contributed by atoms with Gasteiger partial charge in [0.1, 0.15) is 13.2 Å². The van der Waals surface area contributed by atoms with Crippen LogP contribution in [0.5, 0.6) is 11.5 Å². The molecule has 27 heavy (non-hydrogen) atoms. The van der Waals surface area contributed by atoms with E-state index in [4.69, 9.17) is 14.6 Å². The monoisotopic (exact) mass is 433 g/mol. The molecule has 0 saturated heterocycles. The van der Waals surface area contributed by atoms with E-state index in [1.807, 2.05) is 31.2 Å². The molecule has 0 atom stereocenters. The topological polar surface area (TPSA) is 84.9 Å². The molecular formula is C20H20BrNO5. The van der Waals surface area contributed by atoms with Crippen LogP contribution >= 0.6 is 15.9 Å². The van der Waals surface area contributed by atoms with Gasteiger partial charge < -0.3 is 19.9 Å². The quantitative estimate of drug-likeness (QED) is 0.621. The Morgan fingerprint density at radius 2 is 2.04 bits per heavy atom. The molecule has 0 aliphatic rings. The lowest BCUT2D eigenvalue weighted by Crippen LogP contribution is -2.27. The number of rotatable bonds is 8. The maximum Gasteiger partial charge on any atom is 0.322 e. The number of nitrogens with one attached hydrogen (secondary N) is 1. The van der Waals surface area contributed by atoms with Gasteiger partial charge >= 0.3 is 5.97 Å². The second-order valence-electron chi connectivity index (χ2n) is 5.76. The van der Waals surface area contributed by atoms with Gasteiger partial charge in [-0.3, -0.25) is 9.59 Å². The maximum atomic E-state index is 11.6. The molecule has 7 heteroatoms. The lowest BCUT2D eigenvalue weighted by molar-refractivity contribution is -0.137. The average molecular weight is 434 g/mol. The number of benzene rings is 2. The fraction of sp³-hybridized carbons (Fsp3) is 0.200. The van der Waals surface area contributed by atoms with E-state index in [1.54, 1.807) is 18.2 Å². The minimum Gasteiger partial charge on any atom is -0.493 e. The molecule has 0 aromatic heterocycles. The van der Waals surface area contributed by atoms with Crippen molar-refractivity contribution in [1.82, 2.24) is 5.32 Å². The number of carbonyl (C=O) groups is 2. The van der Waals surface area contributed by atoms with Gasteiger partial charge in [0.05, 0.1) is 11.6 Å². The van der Waals surface area contributed by atoms with Crippen LogP contribution in [0, 0.1) is 6.92 Å². The summed E-state index contributed by atoms with van der Waals surface area (Å²) < 4.78 is 12.0. The van der Waals surface area contributed by atoms with Crippen molar-refractivity contribution in [2.45, 2.75) is 13.5 Å². The number of aliphatic carboxylic acids is 1. The largest absolute Gasteiger partial charge is 0.493 e. The fourth-order valence-electron chi connectivity index (χ4n) is 2.33. The van der Waals surface area contributed by atoms with Gasteiger partial charge in [-0.2, -0.15) is 0 Å². The highest BCUT2D eigenvalue weighted by molar-refractivity contribution is 9.10. The van der Waals surface area contributed by atoms with Crippen molar-refractivity contribution in [1.29, 1.82) is 0 Å². The first-order valence-electron chi connectivity index (χ1n) is 8.12. The van der Waals surface area contributed by atoms with Crippen LogP contribution in [0.3, 0.4) is 0 Å². The Bertz CT molecular complexity index is 863. The lowest BCUT2D eigenvalue weighted by Gasteiger charge is -2.14. The van der Waals surface area contributed by atoms with Crippen LogP contribution in [0.1, 0.15) is 16.7 Å². The first-order chi connectivity index (χ1) is 12.9. The number of carboxylic acids is 1. The van der Waals surface area contributed by atoms with E-state index in [0.29, 0.717) is 28.1 Å². The highest BCUT2D eigenvalue weighted by Crippen LogP contribution is 2.37. The number of amides is 1. The van der Waals surface area contributed by atoms with Crippen LogP contribution in [-0.2, 0) is 16.2 Å². The van der Waals surface area contributed by atoms with Crippen LogP contribution in [0.25, 0.3) is 6.08 Å². The first kappa shape index (κ1) is 20.5. The third kappa shape index (κ3) is 6.45. The van der Waals surface area contributed by atoms with Crippen molar-refractivity contribution in [2.75, 3.05) is 13.7 Å². The summed E-state index contributed by atoms with van der Waals surface area (Å²) in [6.07, 6.45) is 2.83. The van der Waals surface area contributed by atoms with E-state index in [2.05, 4.69) is 21.2 Å². The first-order valence-corrected chi connectivity index (χ1v) is 8.92. The Kier molecular flexibility index (Phi) is 7.43. The Labute approximate surface area is 165 Å². The summed E-state index contributed by atoms with van der Waals surface area (Å²) in [4.78, 5) is 22.0. The lowest BCUT2D eigenvalue weighted by atomic mass is 10.1. The normalized spacial score (nSPS) is 10.6. The number of hydrogen-bond acceptors (Lipinski definition) is 4. The van der Waals surface area contributed by atoms with Gasteiger partial charge in [0.25, 0.3) is 0 Å². The van der Waals surface area contributed by atoms with Gasteiger partial charge in [-0.05, 0) is 52.2 Å².